The fourth-order valence-corrected chi connectivity index (χ4v) is 3.89. The minimum atomic E-state index is -0.799. The van der Waals surface area contributed by atoms with Crippen molar-refractivity contribution in [2.24, 2.45) is 0 Å². The fraction of sp³-hybridized carbons (Fsp3) is 0.200. The number of carbonyl (C=O) groups excluding carboxylic acids is 1. The molecule has 0 saturated carbocycles. The smallest absolute Gasteiger partial charge is 0.274 e. The van der Waals surface area contributed by atoms with Gasteiger partial charge in [0.2, 0.25) is 6.10 Å². The molecule has 1 N–H and O–H groups in total. The molecule has 2 aromatic carbocycles. The van der Waals surface area contributed by atoms with Gasteiger partial charge < -0.3 is 14.8 Å². The second-order valence-electron chi connectivity index (χ2n) is 7.84. The van der Waals surface area contributed by atoms with Crippen LogP contribution >= 0.6 is 0 Å². The predicted octanol–water partition coefficient (Wildman–Crippen LogP) is 2.68. The molecule has 1 amide bonds. The van der Waals surface area contributed by atoms with Crippen molar-refractivity contribution >= 4 is 16.7 Å². The minimum absolute atomic E-state index is 0.140. The standard InChI is InChI=1S/C25H22N4O4/c1-16-23(33-22-11-5-4-10-21(22)32-16)24(30)27-14-20-18-8-2-3-9-19(18)25(31)29(28-20)15-17-7-6-12-26-13-17/h2-13,16,23H,14-15H2,1H3,(H,27,30). The molecule has 0 spiro atoms. The van der Waals surface area contributed by atoms with Gasteiger partial charge >= 0.3 is 0 Å². The Morgan fingerprint density at radius 1 is 1.00 bits per heavy atom. The Labute approximate surface area is 189 Å². The topological polar surface area (TPSA) is 95.3 Å². The van der Waals surface area contributed by atoms with E-state index in [4.69, 9.17) is 9.47 Å². The number of aromatic nitrogens is 3. The second-order valence-corrected chi connectivity index (χ2v) is 7.84. The van der Waals surface area contributed by atoms with Gasteiger partial charge in [-0.15, -0.1) is 0 Å². The number of nitrogens with zero attached hydrogens (tertiary/aromatic N) is 3. The number of rotatable bonds is 5. The van der Waals surface area contributed by atoms with Crippen LogP contribution in [0.1, 0.15) is 18.2 Å². The molecule has 1 aliphatic rings. The number of amides is 1. The first-order valence-corrected chi connectivity index (χ1v) is 10.7. The normalized spacial score (nSPS) is 17.0. The summed E-state index contributed by atoms with van der Waals surface area (Å²) in [7, 11) is 0. The summed E-state index contributed by atoms with van der Waals surface area (Å²) < 4.78 is 13.1. The molecule has 8 heteroatoms. The van der Waals surface area contributed by atoms with E-state index in [1.807, 2.05) is 48.5 Å². The summed E-state index contributed by atoms with van der Waals surface area (Å²) in [5, 5.41) is 8.70. The van der Waals surface area contributed by atoms with E-state index in [0.717, 1.165) is 5.56 Å². The largest absolute Gasteiger partial charge is 0.482 e. The van der Waals surface area contributed by atoms with Crippen molar-refractivity contribution in [3.05, 3.63) is 94.7 Å². The van der Waals surface area contributed by atoms with Crippen LogP contribution in [0, 0.1) is 0 Å². The molecule has 5 rings (SSSR count). The van der Waals surface area contributed by atoms with Crippen LogP contribution in [0.25, 0.3) is 10.8 Å². The highest BCUT2D eigenvalue weighted by Crippen LogP contribution is 2.33. The first kappa shape index (κ1) is 20.7. The molecule has 33 heavy (non-hydrogen) atoms. The maximum Gasteiger partial charge on any atom is 0.274 e. The number of para-hydroxylation sites is 2. The zero-order chi connectivity index (χ0) is 22.8. The van der Waals surface area contributed by atoms with Crippen molar-refractivity contribution in [3.63, 3.8) is 0 Å². The van der Waals surface area contributed by atoms with Crippen LogP contribution in [0.4, 0.5) is 0 Å². The Hall–Kier alpha value is -4.20. The molecule has 4 aromatic rings. The summed E-state index contributed by atoms with van der Waals surface area (Å²) in [4.78, 5) is 30.0. The van der Waals surface area contributed by atoms with Gasteiger partial charge in [0.05, 0.1) is 24.2 Å². The quantitative estimate of drug-likeness (QED) is 0.511. The highest BCUT2D eigenvalue weighted by Gasteiger charge is 2.34. The Balaban J connectivity index is 1.40. The van der Waals surface area contributed by atoms with E-state index in [9.17, 15) is 9.59 Å². The van der Waals surface area contributed by atoms with E-state index in [2.05, 4.69) is 15.4 Å². The van der Waals surface area contributed by atoms with E-state index in [1.54, 1.807) is 31.5 Å². The molecule has 0 fully saturated rings. The molecule has 2 atom stereocenters. The number of hydrogen-bond acceptors (Lipinski definition) is 6. The van der Waals surface area contributed by atoms with Gasteiger partial charge in [0.15, 0.2) is 11.5 Å². The van der Waals surface area contributed by atoms with Crippen molar-refractivity contribution < 1.29 is 14.3 Å². The third-order valence-electron chi connectivity index (χ3n) is 5.53. The lowest BCUT2D eigenvalue weighted by Crippen LogP contribution is -2.49. The van der Waals surface area contributed by atoms with Gasteiger partial charge in [0.25, 0.3) is 11.5 Å². The van der Waals surface area contributed by atoms with Crippen molar-refractivity contribution in [2.75, 3.05) is 0 Å². The van der Waals surface area contributed by atoms with Gasteiger partial charge in [0, 0.05) is 17.8 Å². The molecular weight excluding hydrogens is 420 g/mol. The Bertz CT molecular complexity index is 1370. The Morgan fingerprint density at radius 2 is 1.73 bits per heavy atom. The van der Waals surface area contributed by atoms with Crippen LogP contribution in [0.3, 0.4) is 0 Å². The maximum absolute atomic E-state index is 13.0. The minimum Gasteiger partial charge on any atom is -0.482 e. The van der Waals surface area contributed by atoms with Gasteiger partial charge in [-0.3, -0.25) is 14.6 Å². The average molecular weight is 442 g/mol. The number of nitrogens with one attached hydrogen (secondary N) is 1. The highest BCUT2D eigenvalue weighted by atomic mass is 16.6. The summed E-state index contributed by atoms with van der Waals surface area (Å²) in [6, 6.07) is 18.2. The number of hydrogen-bond donors (Lipinski definition) is 1. The van der Waals surface area contributed by atoms with Gasteiger partial charge in [-0.25, -0.2) is 4.68 Å². The van der Waals surface area contributed by atoms with Gasteiger partial charge in [0.1, 0.15) is 6.10 Å². The van der Waals surface area contributed by atoms with E-state index < -0.39 is 12.2 Å². The summed E-state index contributed by atoms with van der Waals surface area (Å²) >= 11 is 0. The molecule has 3 heterocycles. The van der Waals surface area contributed by atoms with Crippen LogP contribution in [-0.2, 0) is 17.9 Å². The second kappa shape index (κ2) is 8.74. The summed E-state index contributed by atoms with van der Waals surface area (Å²) in [6.07, 6.45) is 2.12. The lowest BCUT2D eigenvalue weighted by atomic mass is 10.1. The molecule has 0 saturated heterocycles. The molecule has 8 nitrogen and oxygen atoms in total. The fourth-order valence-electron chi connectivity index (χ4n) is 3.89. The van der Waals surface area contributed by atoms with Gasteiger partial charge in [-0.2, -0.15) is 5.10 Å². The molecule has 2 unspecified atom stereocenters. The van der Waals surface area contributed by atoms with E-state index in [1.165, 1.54) is 4.68 Å². The summed E-state index contributed by atoms with van der Waals surface area (Å²) in [6.45, 7) is 2.22. The number of carbonyl (C=O) groups is 1. The molecule has 166 valence electrons. The lowest BCUT2D eigenvalue weighted by molar-refractivity contribution is -0.133. The molecule has 2 aromatic heterocycles. The number of benzene rings is 2. The zero-order valence-electron chi connectivity index (χ0n) is 18.0. The molecule has 0 bridgehead atoms. The number of ether oxygens (including phenoxy) is 2. The third kappa shape index (κ3) is 4.15. The van der Waals surface area contributed by atoms with E-state index >= 15 is 0 Å². The van der Waals surface area contributed by atoms with Crippen LogP contribution < -0.4 is 20.3 Å². The molecule has 1 aliphatic heterocycles. The summed E-state index contributed by atoms with van der Waals surface area (Å²) in [5.74, 6) is 0.835. The Kier molecular flexibility index (Phi) is 5.48. The maximum atomic E-state index is 13.0. The van der Waals surface area contributed by atoms with E-state index in [0.29, 0.717) is 28.0 Å². The molecule has 0 radical (unpaired) electrons. The highest BCUT2D eigenvalue weighted by molar-refractivity contribution is 5.85. The molecule has 0 aliphatic carbocycles. The van der Waals surface area contributed by atoms with Crippen molar-refractivity contribution in [2.45, 2.75) is 32.2 Å². The first-order chi connectivity index (χ1) is 16.1. The van der Waals surface area contributed by atoms with Crippen molar-refractivity contribution in [3.8, 4) is 11.5 Å². The summed E-state index contributed by atoms with van der Waals surface area (Å²) in [5.41, 5.74) is 1.25. The lowest BCUT2D eigenvalue weighted by Gasteiger charge is -2.31. The van der Waals surface area contributed by atoms with Crippen LogP contribution in [0.2, 0.25) is 0 Å². The van der Waals surface area contributed by atoms with Crippen molar-refractivity contribution in [1.82, 2.24) is 20.1 Å². The van der Waals surface area contributed by atoms with Gasteiger partial charge in [-0.05, 0) is 36.8 Å². The third-order valence-corrected chi connectivity index (χ3v) is 5.53. The zero-order valence-corrected chi connectivity index (χ0v) is 18.0. The van der Waals surface area contributed by atoms with Crippen molar-refractivity contribution in [1.29, 1.82) is 0 Å². The predicted molar refractivity (Wildman–Crippen MR) is 122 cm³/mol. The van der Waals surface area contributed by atoms with E-state index in [-0.39, 0.29) is 24.6 Å². The van der Waals surface area contributed by atoms with Crippen LogP contribution in [0.15, 0.2) is 77.9 Å². The Morgan fingerprint density at radius 3 is 2.48 bits per heavy atom. The first-order valence-electron chi connectivity index (χ1n) is 10.7. The van der Waals surface area contributed by atoms with Crippen LogP contribution in [-0.4, -0.2) is 32.9 Å². The molecular formula is C25H22N4O4. The number of pyridine rings is 1. The monoisotopic (exact) mass is 442 g/mol. The SMILES string of the molecule is CC1Oc2ccccc2OC1C(=O)NCc1nn(Cc2cccnc2)c(=O)c2ccccc12. The van der Waals surface area contributed by atoms with Crippen LogP contribution in [0.5, 0.6) is 11.5 Å². The number of fused-ring (bicyclic) bond motifs is 2. The van der Waals surface area contributed by atoms with Gasteiger partial charge in [-0.1, -0.05) is 36.4 Å². The average Bonchev–Trinajstić information content (AvgIpc) is 2.85.